The van der Waals surface area contributed by atoms with E-state index < -0.39 is 6.36 Å². The summed E-state index contributed by atoms with van der Waals surface area (Å²) < 4.78 is 42.6. The monoisotopic (exact) mass is 430 g/mol. The third kappa shape index (κ3) is 4.65. The lowest BCUT2D eigenvalue weighted by Crippen LogP contribution is -2.34. The Balaban J connectivity index is 1.49. The molecule has 6 nitrogen and oxygen atoms in total. The van der Waals surface area contributed by atoms with Gasteiger partial charge in [-0.3, -0.25) is 9.48 Å². The van der Waals surface area contributed by atoms with E-state index in [1.807, 2.05) is 36.0 Å². The molecule has 0 saturated heterocycles. The molecule has 2 heterocycles. The average Bonchev–Trinajstić information content (AvgIpc) is 3.03. The summed E-state index contributed by atoms with van der Waals surface area (Å²) in [6.07, 6.45) is -3.95. The second kappa shape index (κ2) is 7.98. The Morgan fingerprint density at radius 1 is 1.06 bits per heavy atom. The molecule has 31 heavy (non-hydrogen) atoms. The van der Waals surface area contributed by atoms with Crippen molar-refractivity contribution in [3.8, 4) is 16.9 Å². The van der Waals surface area contributed by atoms with E-state index in [1.54, 1.807) is 24.0 Å². The smallest absolute Gasteiger partial charge is 0.406 e. The van der Waals surface area contributed by atoms with Crippen LogP contribution >= 0.6 is 0 Å². The van der Waals surface area contributed by atoms with Crippen LogP contribution in [0.5, 0.6) is 5.75 Å². The van der Waals surface area contributed by atoms with Crippen LogP contribution in [0, 0.1) is 0 Å². The van der Waals surface area contributed by atoms with Crippen molar-refractivity contribution in [3.05, 3.63) is 59.8 Å². The normalized spacial score (nSPS) is 13.6. The highest BCUT2D eigenvalue weighted by Gasteiger charge is 2.31. The van der Waals surface area contributed by atoms with Gasteiger partial charge in [0.2, 0.25) is 5.91 Å². The summed E-state index contributed by atoms with van der Waals surface area (Å²) in [6.45, 7) is 2.77. The fraction of sp³-hybridized carbons (Fsp3) is 0.273. The van der Waals surface area contributed by atoms with E-state index in [0.29, 0.717) is 18.9 Å². The summed E-state index contributed by atoms with van der Waals surface area (Å²) >= 11 is 0. The number of hydrogen-bond donors (Lipinski definition) is 1. The van der Waals surface area contributed by atoms with Crippen LogP contribution in [0.4, 0.5) is 24.7 Å². The standard InChI is InChI=1S/C22H21F3N4O2/c1-14(30)29-12-11-20-19(13-29)21(27-28(20)2)26-17-7-3-15(4-8-17)16-5-9-18(10-6-16)31-22(23,24)25/h3-10H,11-13H2,1-2H3,(H,26,27). The molecule has 1 aromatic heterocycles. The Bertz CT molecular complexity index is 1090. The molecule has 2 aromatic carbocycles. The molecule has 1 amide bonds. The highest BCUT2D eigenvalue weighted by molar-refractivity contribution is 5.74. The first-order chi connectivity index (χ1) is 14.7. The van der Waals surface area contributed by atoms with E-state index in [9.17, 15) is 18.0 Å². The largest absolute Gasteiger partial charge is 0.573 e. The maximum absolute atomic E-state index is 12.3. The van der Waals surface area contributed by atoms with Gasteiger partial charge in [0.15, 0.2) is 5.82 Å². The van der Waals surface area contributed by atoms with Crippen molar-refractivity contribution in [2.75, 3.05) is 11.9 Å². The Labute approximate surface area is 177 Å². The van der Waals surface area contributed by atoms with Crippen molar-refractivity contribution >= 4 is 17.4 Å². The van der Waals surface area contributed by atoms with Gasteiger partial charge in [-0.1, -0.05) is 24.3 Å². The molecule has 1 N–H and O–H groups in total. The minimum absolute atomic E-state index is 0.0384. The van der Waals surface area contributed by atoms with Gasteiger partial charge in [-0.2, -0.15) is 5.10 Å². The van der Waals surface area contributed by atoms with Crippen LogP contribution in [0.1, 0.15) is 18.2 Å². The highest BCUT2D eigenvalue weighted by Crippen LogP contribution is 2.30. The number of aryl methyl sites for hydroxylation is 1. The van der Waals surface area contributed by atoms with Crippen LogP contribution in [-0.2, 0) is 24.8 Å². The van der Waals surface area contributed by atoms with Gasteiger partial charge in [0.1, 0.15) is 5.75 Å². The van der Waals surface area contributed by atoms with Crippen LogP contribution in [0.3, 0.4) is 0 Å². The summed E-state index contributed by atoms with van der Waals surface area (Å²) in [5.74, 6) is 0.496. The van der Waals surface area contributed by atoms with Crippen molar-refractivity contribution in [1.29, 1.82) is 0 Å². The van der Waals surface area contributed by atoms with Gasteiger partial charge < -0.3 is 15.0 Å². The molecular formula is C22H21F3N4O2. The zero-order chi connectivity index (χ0) is 22.2. The van der Waals surface area contributed by atoms with Gasteiger partial charge in [0.05, 0.1) is 6.54 Å². The Kier molecular flexibility index (Phi) is 5.34. The van der Waals surface area contributed by atoms with Crippen LogP contribution < -0.4 is 10.1 Å². The SMILES string of the molecule is CC(=O)N1CCc2c(c(Nc3ccc(-c4ccc(OC(F)(F)F)cc4)cc3)nn2C)C1. The number of anilines is 2. The van der Waals surface area contributed by atoms with Crippen LogP contribution in [0.25, 0.3) is 11.1 Å². The molecular weight excluding hydrogens is 409 g/mol. The predicted octanol–water partition coefficient (Wildman–Crippen LogP) is 4.63. The van der Waals surface area contributed by atoms with Gasteiger partial charge >= 0.3 is 6.36 Å². The number of fused-ring (bicyclic) bond motifs is 1. The number of nitrogens with zero attached hydrogens (tertiary/aromatic N) is 3. The van der Waals surface area contributed by atoms with Crippen molar-refractivity contribution in [3.63, 3.8) is 0 Å². The average molecular weight is 430 g/mol. The van der Waals surface area contributed by atoms with Crippen LogP contribution in [0.15, 0.2) is 48.5 Å². The van der Waals surface area contributed by atoms with Gasteiger partial charge in [-0.25, -0.2) is 0 Å². The quantitative estimate of drug-likeness (QED) is 0.656. The lowest BCUT2D eigenvalue weighted by Gasteiger charge is -2.26. The first kappa shape index (κ1) is 20.8. The molecule has 0 radical (unpaired) electrons. The number of halogens is 3. The second-order valence-corrected chi connectivity index (χ2v) is 7.36. The summed E-state index contributed by atoms with van der Waals surface area (Å²) in [5, 5.41) is 7.87. The zero-order valence-corrected chi connectivity index (χ0v) is 17.0. The maximum Gasteiger partial charge on any atom is 0.573 e. The molecule has 0 atom stereocenters. The third-order valence-electron chi connectivity index (χ3n) is 5.26. The number of hydrogen-bond acceptors (Lipinski definition) is 4. The first-order valence-electron chi connectivity index (χ1n) is 9.73. The second-order valence-electron chi connectivity index (χ2n) is 7.36. The molecule has 1 aliphatic rings. The van der Waals surface area contributed by atoms with Crippen LogP contribution in [0.2, 0.25) is 0 Å². The lowest BCUT2D eigenvalue weighted by molar-refractivity contribution is -0.274. The molecule has 0 bridgehead atoms. The van der Waals surface area contributed by atoms with Crippen molar-refractivity contribution < 1.29 is 22.7 Å². The summed E-state index contributed by atoms with van der Waals surface area (Å²) in [4.78, 5) is 13.6. The number of ether oxygens (including phenoxy) is 1. The zero-order valence-electron chi connectivity index (χ0n) is 17.0. The Morgan fingerprint density at radius 3 is 2.26 bits per heavy atom. The number of benzene rings is 2. The number of alkyl halides is 3. The molecule has 4 rings (SSSR count). The van der Waals surface area contributed by atoms with Gasteiger partial charge in [0.25, 0.3) is 0 Å². The minimum Gasteiger partial charge on any atom is -0.406 e. The molecule has 3 aromatic rings. The highest BCUT2D eigenvalue weighted by atomic mass is 19.4. The molecule has 0 aliphatic carbocycles. The lowest BCUT2D eigenvalue weighted by atomic mass is 10.0. The molecule has 0 spiro atoms. The van der Waals surface area contributed by atoms with E-state index in [0.717, 1.165) is 34.5 Å². The topological polar surface area (TPSA) is 59.4 Å². The van der Waals surface area contributed by atoms with E-state index in [-0.39, 0.29) is 11.7 Å². The molecule has 0 saturated carbocycles. The predicted molar refractivity (Wildman–Crippen MR) is 110 cm³/mol. The third-order valence-corrected chi connectivity index (χ3v) is 5.26. The van der Waals surface area contributed by atoms with Gasteiger partial charge in [-0.05, 0) is 35.4 Å². The number of aromatic nitrogens is 2. The van der Waals surface area contributed by atoms with E-state index in [2.05, 4.69) is 15.2 Å². The van der Waals surface area contributed by atoms with Gasteiger partial charge in [0, 0.05) is 43.9 Å². The Hall–Kier alpha value is -3.49. The molecule has 0 fully saturated rings. The fourth-order valence-electron chi connectivity index (χ4n) is 3.69. The maximum atomic E-state index is 12.3. The number of nitrogens with one attached hydrogen (secondary N) is 1. The van der Waals surface area contributed by atoms with Crippen LogP contribution in [-0.4, -0.2) is 33.5 Å². The number of rotatable bonds is 4. The van der Waals surface area contributed by atoms with Crippen molar-refractivity contribution in [2.45, 2.75) is 26.3 Å². The number of amides is 1. The summed E-state index contributed by atoms with van der Waals surface area (Å²) in [5.41, 5.74) is 4.57. The number of carbonyl (C=O) groups is 1. The van der Waals surface area contributed by atoms with Crippen molar-refractivity contribution in [1.82, 2.24) is 14.7 Å². The fourth-order valence-corrected chi connectivity index (χ4v) is 3.69. The number of carbonyl (C=O) groups excluding carboxylic acids is 1. The first-order valence-corrected chi connectivity index (χ1v) is 9.73. The molecule has 0 unspecified atom stereocenters. The molecule has 1 aliphatic heterocycles. The van der Waals surface area contributed by atoms with E-state index in [1.165, 1.54) is 12.1 Å². The minimum atomic E-state index is -4.71. The molecule has 9 heteroatoms. The van der Waals surface area contributed by atoms with E-state index in [4.69, 9.17) is 0 Å². The Morgan fingerprint density at radius 2 is 1.68 bits per heavy atom. The summed E-state index contributed by atoms with van der Waals surface area (Å²) in [7, 11) is 1.89. The van der Waals surface area contributed by atoms with Crippen molar-refractivity contribution in [2.24, 2.45) is 7.05 Å². The summed E-state index contributed by atoms with van der Waals surface area (Å²) in [6, 6.07) is 13.2. The van der Waals surface area contributed by atoms with Gasteiger partial charge in [-0.15, -0.1) is 13.2 Å². The van der Waals surface area contributed by atoms with E-state index >= 15 is 0 Å². The molecule has 162 valence electrons.